The van der Waals surface area contributed by atoms with Crippen molar-refractivity contribution in [3.8, 4) is 0 Å². The van der Waals surface area contributed by atoms with E-state index in [0.29, 0.717) is 6.07 Å². The van der Waals surface area contributed by atoms with Crippen LogP contribution in [0.3, 0.4) is 0 Å². The Kier molecular flexibility index (Phi) is 4.56. The van der Waals surface area contributed by atoms with Crippen LogP contribution in [0.4, 0.5) is 23.2 Å². The maximum atomic E-state index is 14.2. The summed E-state index contributed by atoms with van der Waals surface area (Å²) in [6, 6.07) is 6.51. The van der Waals surface area contributed by atoms with Crippen LogP contribution in [0.15, 0.2) is 41.3 Å². The van der Waals surface area contributed by atoms with Gasteiger partial charge in [0.15, 0.2) is 0 Å². The van der Waals surface area contributed by atoms with E-state index in [1.54, 1.807) is 0 Å². The van der Waals surface area contributed by atoms with Crippen LogP contribution in [0.5, 0.6) is 0 Å². The van der Waals surface area contributed by atoms with E-state index in [-0.39, 0.29) is 21.7 Å². The molecule has 0 aromatic heterocycles. The fourth-order valence-corrected chi connectivity index (χ4v) is 3.39. The topological polar surface area (TPSA) is 75.3 Å². The summed E-state index contributed by atoms with van der Waals surface area (Å²) in [5.41, 5.74) is -1.62. The van der Waals surface area contributed by atoms with Crippen molar-refractivity contribution < 1.29 is 30.8 Å². The Labute approximate surface area is 151 Å². The highest BCUT2D eigenvalue weighted by Crippen LogP contribution is 2.37. The molecule has 1 amide bonds. The van der Waals surface area contributed by atoms with E-state index in [1.807, 2.05) is 0 Å². The smallest absolute Gasteiger partial charge is 0.321 e. The maximum Gasteiger partial charge on any atom is 0.419 e. The van der Waals surface area contributed by atoms with Gasteiger partial charge >= 0.3 is 6.18 Å². The van der Waals surface area contributed by atoms with Gasteiger partial charge in [-0.15, -0.1) is 0 Å². The number of carbonyl (C=O) groups excluding carboxylic acids is 1. The zero-order valence-electron chi connectivity index (χ0n) is 13.7. The molecular formula is C17H12F4N2O3S. The molecule has 1 aliphatic heterocycles. The highest BCUT2D eigenvalue weighted by molar-refractivity contribution is 7.89. The first-order valence-electron chi connectivity index (χ1n) is 7.51. The van der Waals surface area contributed by atoms with E-state index >= 15 is 0 Å². The number of amides is 1. The molecule has 0 fully saturated rings. The van der Waals surface area contributed by atoms with E-state index in [2.05, 4.69) is 10.0 Å². The zero-order chi connectivity index (χ0) is 20.0. The first-order chi connectivity index (χ1) is 12.5. The summed E-state index contributed by atoms with van der Waals surface area (Å²) in [5, 5.41) is 2.46. The van der Waals surface area contributed by atoms with Gasteiger partial charge in [0.25, 0.3) is 5.91 Å². The van der Waals surface area contributed by atoms with Crippen molar-refractivity contribution in [1.82, 2.24) is 4.72 Å². The van der Waals surface area contributed by atoms with Gasteiger partial charge in [0.1, 0.15) is 5.82 Å². The van der Waals surface area contributed by atoms with Crippen molar-refractivity contribution in [3.63, 3.8) is 0 Å². The first-order valence-corrected chi connectivity index (χ1v) is 8.99. The minimum Gasteiger partial charge on any atom is -0.321 e. The number of nitrogens with one attached hydrogen (secondary N) is 2. The number of hydrogen-bond acceptors (Lipinski definition) is 3. The largest absolute Gasteiger partial charge is 0.419 e. The highest BCUT2D eigenvalue weighted by Gasteiger charge is 2.35. The summed E-state index contributed by atoms with van der Waals surface area (Å²) in [6.45, 7) is 0. The van der Waals surface area contributed by atoms with Crippen molar-refractivity contribution in [2.45, 2.75) is 11.1 Å². The molecule has 10 heteroatoms. The SMILES string of the molecule is CNS(=O)(=O)c1ccc2c(c1)C(=Cc1cccc(C(F)(F)F)c1F)C(=O)N2. The van der Waals surface area contributed by atoms with Crippen molar-refractivity contribution >= 4 is 33.3 Å². The number of halogens is 4. The molecule has 0 radical (unpaired) electrons. The van der Waals surface area contributed by atoms with Crippen molar-refractivity contribution in [3.05, 3.63) is 58.9 Å². The van der Waals surface area contributed by atoms with E-state index in [0.717, 1.165) is 18.2 Å². The number of fused-ring (bicyclic) bond motifs is 1. The molecule has 5 nitrogen and oxygen atoms in total. The molecule has 0 saturated heterocycles. The monoisotopic (exact) mass is 400 g/mol. The number of sulfonamides is 1. The molecule has 142 valence electrons. The standard InChI is InChI=1S/C17H12F4N2O3S/c1-22-27(25,26)10-5-6-14-11(8-10)12(16(24)23-14)7-9-3-2-4-13(15(9)18)17(19,20)21/h2-8,22H,1H3,(H,23,24). The molecule has 0 atom stereocenters. The lowest BCUT2D eigenvalue weighted by Gasteiger charge is -2.10. The molecule has 1 aliphatic rings. The molecule has 2 aromatic rings. The van der Waals surface area contributed by atoms with Crippen LogP contribution >= 0.6 is 0 Å². The molecule has 0 spiro atoms. The van der Waals surface area contributed by atoms with Crippen LogP contribution in [0.25, 0.3) is 11.6 Å². The molecule has 0 bridgehead atoms. The predicted octanol–water partition coefficient (Wildman–Crippen LogP) is 3.25. The third-order valence-electron chi connectivity index (χ3n) is 3.99. The Morgan fingerprint density at radius 2 is 1.85 bits per heavy atom. The lowest BCUT2D eigenvalue weighted by molar-refractivity contribution is -0.140. The van der Waals surface area contributed by atoms with Crippen molar-refractivity contribution in [2.75, 3.05) is 12.4 Å². The van der Waals surface area contributed by atoms with Crippen LogP contribution in [-0.4, -0.2) is 21.4 Å². The average Bonchev–Trinajstić information content (AvgIpc) is 2.90. The summed E-state index contributed by atoms with van der Waals surface area (Å²) >= 11 is 0. The fourth-order valence-electron chi connectivity index (χ4n) is 2.63. The molecule has 2 aromatic carbocycles. The normalized spacial score (nSPS) is 15.7. The summed E-state index contributed by atoms with van der Waals surface area (Å²) in [5.74, 6) is -2.20. The molecule has 27 heavy (non-hydrogen) atoms. The average molecular weight is 400 g/mol. The Morgan fingerprint density at radius 1 is 1.15 bits per heavy atom. The number of rotatable bonds is 3. The van der Waals surface area contributed by atoms with Crippen LogP contribution < -0.4 is 10.0 Å². The Morgan fingerprint density at radius 3 is 2.48 bits per heavy atom. The Hall–Kier alpha value is -2.72. The number of carbonyl (C=O) groups is 1. The quantitative estimate of drug-likeness (QED) is 0.614. The van der Waals surface area contributed by atoms with Gasteiger partial charge in [0, 0.05) is 22.4 Å². The van der Waals surface area contributed by atoms with Gasteiger partial charge in [0.05, 0.1) is 10.5 Å². The van der Waals surface area contributed by atoms with E-state index < -0.39 is 39.1 Å². The lowest BCUT2D eigenvalue weighted by Crippen LogP contribution is -2.18. The van der Waals surface area contributed by atoms with Crippen LogP contribution in [0.1, 0.15) is 16.7 Å². The van der Waals surface area contributed by atoms with Gasteiger partial charge in [-0.05, 0) is 37.4 Å². The highest BCUT2D eigenvalue weighted by atomic mass is 32.2. The number of hydrogen-bond donors (Lipinski definition) is 2. The number of anilines is 1. The van der Waals surface area contributed by atoms with Crippen LogP contribution in [0, 0.1) is 5.82 Å². The second kappa shape index (κ2) is 6.46. The molecular weight excluding hydrogens is 388 g/mol. The molecule has 0 aliphatic carbocycles. The van der Waals surface area contributed by atoms with Gasteiger partial charge in [-0.1, -0.05) is 12.1 Å². The first kappa shape index (κ1) is 19.1. The maximum absolute atomic E-state index is 14.2. The van der Waals surface area contributed by atoms with Gasteiger partial charge in [-0.25, -0.2) is 17.5 Å². The summed E-state index contributed by atoms with van der Waals surface area (Å²) < 4.78 is 78.8. The lowest BCUT2D eigenvalue weighted by atomic mass is 10.0. The molecule has 0 saturated carbocycles. The third kappa shape index (κ3) is 3.45. The molecule has 0 unspecified atom stereocenters. The van der Waals surface area contributed by atoms with E-state index in [9.17, 15) is 30.8 Å². The number of alkyl halides is 3. The fraction of sp³-hybridized carbons (Fsp3) is 0.118. The van der Waals surface area contributed by atoms with Crippen molar-refractivity contribution in [2.24, 2.45) is 0 Å². The second-order valence-corrected chi connectivity index (χ2v) is 7.52. The second-order valence-electron chi connectivity index (χ2n) is 5.63. The Balaban J connectivity index is 2.16. The third-order valence-corrected chi connectivity index (χ3v) is 5.40. The number of benzene rings is 2. The van der Waals surface area contributed by atoms with Gasteiger partial charge in [-0.2, -0.15) is 13.2 Å². The zero-order valence-corrected chi connectivity index (χ0v) is 14.5. The Bertz CT molecular complexity index is 1080. The summed E-state index contributed by atoms with van der Waals surface area (Å²) in [7, 11) is -2.60. The van der Waals surface area contributed by atoms with E-state index in [4.69, 9.17) is 0 Å². The summed E-state index contributed by atoms with van der Waals surface area (Å²) in [6.07, 6.45) is -3.93. The minimum absolute atomic E-state index is 0.142. The minimum atomic E-state index is -4.89. The van der Waals surface area contributed by atoms with Crippen LogP contribution in [-0.2, 0) is 21.0 Å². The molecule has 2 N–H and O–H groups in total. The van der Waals surface area contributed by atoms with Crippen LogP contribution in [0.2, 0.25) is 0 Å². The predicted molar refractivity (Wildman–Crippen MR) is 90.6 cm³/mol. The van der Waals surface area contributed by atoms with Gasteiger partial charge in [0.2, 0.25) is 10.0 Å². The molecule has 3 rings (SSSR count). The van der Waals surface area contributed by atoms with Gasteiger partial charge in [-0.3, -0.25) is 4.79 Å². The van der Waals surface area contributed by atoms with E-state index in [1.165, 1.54) is 25.2 Å². The summed E-state index contributed by atoms with van der Waals surface area (Å²) in [4.78, 5) is 12.0. The van der Waals surface area contributed by atoms with Gasteiger partial charge < -0.3 is 5.32 Å². The molecule has 1 heterocycles. The van der Waals surface area contributed by atoms with Crippen molar-refractivity contribution in [1.29, 1.82) is 0 Å².